The zero-order valence-corrected chi connectivity index (χ0v) is 17.5. The summed E-state index contributed by atoms with van der Waals surface area (Å²) in [5, 5.41) is 10.1. The number of para-hydroxylation sites is 1. The molecule has 3 heteroatoms. The van der Waals surface area contributed by atoms with Gasteiger partial charge in [0.15, 0.2) is 6.10 Å². The van der Waals surface area contributed by atoms with Crippen LogP contribution in [0.25, 0.3) is 22.3 Å². The van der Waals surface area contributed by atoms with Gasteiger partial charge in [0.1, 0.15) is 11.8 Å². The van der Waals surface area contributed by atoms with E-state index < -0.39 is 0 Å². The molecule has 0 aromatic heterocycles. The van der Waals surface area contributed by atoms with E-state index in [0.717, 1.165) is 44.7 Å². The molecular weight excluding hydrogens is 380 g/mol. The van der Waals surface area contributed by atoms with Crippen LogP contribution in [0.5, 0.6) is 5.75 Å². The SMILES string of the molecule is Cc1ccc(C2Oc3ccccc3-c3c(C)c(-c4ccccc4)c(C#N)c(N)c32)cc1. The topological polar surface area (TPSA) is 59.0 Å². The van der Waals surface area contributed by atoms with Crippen LogP contribution >= 0.6 is 0 Å². The number of ether oxygens (including phenoxy) is 1. The van der Waals surface area contributed by atoms with E-state index in [1.807, 2.05) is 48.5 Å². The normalized spacial score (nSPS) is 14.2. The van der Waals surface area contributed by atoms with Crippen LogP contribution in [0.3, 0.4) is 0 Å². The van der Waals surface area contributed by atoms with Crippen LogP contribution < -0.4 is 10.5 Å². The molecule has 5 rings (SSSR count). The molecule has 0 bridgehead atoms. The molecule has 1 atom stereocenters. The Morgan fingerprint density at radius 2 is 1.52 bits per heavy atom. The van der Waals surface area contributed by atoms with E-state index in [1.54, 1.807) is 0 Å². The molecule has 2 N–H and O–H groups in total. The fourth-order valence-corrected chi connectivity index (χ4v) is 4.56. The molecule has 1 aliphatic rings. The number of hydrogen-bond acceptors (Lipinski definition) is 3. The molecule has 0 saturated heterocycles. The molecule has 150 valence electrons. The Bertz CT molecular complexity index is 1330. The van der Waals surface area contributed by atoms with Crippen LogP contribution in [0.2, 0.25) is 0 Å². The Kier molecular flexibility index (Phi) is 4.49. The molecule has 0 saturated carbocycles. The molecule has 0 amide bonds. The molecule has 1 heterocycles. The van der Waals surface area contributed by atoms with Crippen LogP contribution in [0, 0.1) is 25.2 Å². The number of hydrogen-bond donors (Lipinski definition) is 1. The van der Waals surface area contributed by atoms with Crippen molar-refractivity contribution in [2.24, 2.45) is 0 Å². The first kappa shape index (κ1) is 19.0. The molecular formula is C28H22N2O. The van der Waals surface area contributed by atoms with Gasteiger partial charge in [0, 0.05) is 16.7 Å². The number of anilines is 1. The number of nitriles is 1. The van der Waals surface area contributed by atoms with Crippen molar-refractivity contribution in [1.82, 2.24) is 0 Å². The summed E-state index contributed by atoms with van der Waals surface area (Å²) in [6.45, 7) is 4.14. The molecule has 0 radical (unpaired) electrons. The molecule has 0 fully saturated rings. The third-order valence-corrected chi connectivity index (χ3v) is 6.05. The van der Waals surface area contributed by atoms with Crippen molar-refractivity contribution in [3.05, 3.63) is 107 Å². The number of nitrogen functional groups attached to an aromatic ring is 1. The van der Waals surface area contributed by atoms with E-state index in [9.17, 15) is 5.26 Å². The zero-order chi connectivity index (χ0) is 21.5. The van der Waals surface area contributed by atoms with Gasteiger partial charge in [0.25, 0.3) is 0 Å². The Labute approximate surface area is 182 Å². The predicted octanol–water partition coefficient (Wildman–Crippen LogP) is 6.57. The maximum atomic E-state index is 10.1. The summed E-state index contributed by atoms with van der Waals surface area (Å²) >= 11 is 0. The number of aryl methyl sites for hydroxylation is 1. The van der Waals surface area contributed by atoms with Gasteiger partial charge in [-0.15, -0.1) is 0 Å². The minimum atomic E-state index is -0.374. The van der Waals surface area contributed by atoms with Crippen molar-refractivity contribution in [2.75, 3.05) is 5.73 Å². The smallest absolute Gasteiger partial charge is 0.152 e. The van der Waals surface area contributed by atoms with E-state index >= 15 is 0 Å². The first-order valence-electron chi connectivity index (χ1n) is 10.3. The Balaban J connectivity index is 1.88. The molecule has 0 spiro atoms. The van der Waals surface area contributed by atoms with Gasteiger partial charge in [-0.25, -0.2) is 0 Å². The molecule has 3 nitrogen and oxygen atoms in total. The van der Waals surface area contributed by atoms with Gasteiger partial charge in [-0.05, 0) is 42.2 Å². The van der Waals surface area contributed by atoms with Gasteiger partial charge in [-0.1, -0.05) is 78.4 Å². The molecule has 0 aliphatic carbocycles. The first-order valence-corrected chi connectivity index (χ1v) is 10.3. The summed E-state index contributed by atoms with van der Waals surface area (Å²) in [5.74, 6) is 0.826. The van der Waals surface area contributed by atoms with Gasteiger partial charge in [0.2, 0.25) is 0 Å². The van der Waals surface area contributed by atoms with E-state index in [1.165, 1.54) is 5.56 Å². The summed E-state index contributed by atoms with van der Waals surface area (Å²) in [7, 11) is 0. The van der Waals surface area contributed by atoms with Crippen LogP contribution in [0.4, 0.5) is 5.69 Å². The third-order valence-electron chi connectivity index (χ3n) is 6.05. The predicted molar refractivity (Wildman–Crippen MR) is 125 cm³/mol. The van der Waals surface area contributed by atoms with Crippen LogP contribution in [-0.4, -0.2) is 0 Å². The highest BCUT2D eigenvalue weighted by Crippen LogP contribution is 2.51. The van der Waals surface area contributed by atoms with E-state index in [0.29, 0.717) is 11.3 Å². The van der Waals surface area contributed by atoms with Crippen LogP contribution in [0.1, 0.15) is 33.9 Å². The van der Waals surface area contributed by atoms with Crippen LogP contribution in [-0.2, 0) is 0 Å². The summed E-state index contributed by atoms with van der Waals surface area (Å²) in [4.78, 5) is 0. The van der Waals surface area contributed by atoms with Crippen molar-refractivity contribution in [2.45, 2.75) is 20.0 Å². The van der Waals surface area contributed by atoms with Gasteiger partial charge in [-0.3, -0.25) is 0 Å². The minimum absolute atomic E-state index is 0.374. The molecule has 4 aromatic carbocycles. The first-order chi connectivity index (χ1) is 15.1. The Morgan fingerprint density at radius 3 is 2.23 bits per heavy atom. The lowest BCUT2D eigenvalue weighted by Gasteiger charge is -2.33. The zero-order valence-electron chi connectivity index (χ0n) is 17.5. The lowest BCUT2D eigenvalue weighted by molar-refractivity contribution is 0.244. The largest absolute Gasteiger partial charge is 0.480 e. The third kappa shape index (κ3) is 2.96. The highest BCUT2D eigenvalue weighted by Gasteiger charge is 2.34. The molecule has 1 unspecified atom stereocenters. The number of fused-ring (bicyclic) bond motifs is 3. The van der Waals surface area contributed by atoms with Crippen molar-refractivity contribution in [1.29, 1.82) is 5.26 Å². The molecule has 1 aliphatic heterocycles. The monoisotopic (exact) mass is 402 g/mol. The average Bonchev–Trinajstić information content (AvgIpc) is 2.81. The van der Waals surface area contributed by atoms with E-state index in [4.69, 9.17) is 10.5 Å². The number of nitrogens with zero attached hydrogens (tertiary/aromatic N) is 1. The van der Waals surface area contributed by atoms with Gasteiger partial charge in [0.05, 0.1) is 11.3 Å². The number of rotatable bonds is 2. The lowest BCUT2D eigenvalue weighted by atomic mass is 9.80. The lowest BCUT2D eigenvalue weighted by Crippen LogP contribution is -2.19. The Morgan fingerprint density at radius 1 is 0.839 bits per heavy atom. The van der Waals surface area contributed by atoms with Gasteiger partial charge in [-0.2, -0.15) is 5.26 Å². The van der Waals surface area contributed by atoms with Gasteiger partial charge >= 0.3 is 0 Å². The second-order valence-electron chi connectivity index (χ2n) is 7.96. The van der Waals surface area contributed by atoms with Crippen molar-refractivity contribution >= 4 is 5.69 Å². The van der Waals surface area contributed by atoms with E-state index in [-0.39, 0.29) is 6.10 Å². The Hall–Kier alpha value is -4.03. The summed E-state index contributed by atoms with van der Waals surface area (Å²) in [6, 6.07) is 28.7. The van der Waals surface area contributed by atoms with Gasteiger partial charge < -0.3 is 10.5 Å². The minimum Gasteiger partial charge on any atom is -0.480 e. The summed E-state index contributed by atoms with van der Waals surface area (Å²) < 4.78 is 6.48. The quantitative estimate of drug-likeness (QED) is 0.386. The number of benzene rings is 4. The van der Waals surface area contributed by atoms with Crippen LogP contribution in [0.15, 0.2) is 78.9 Å². The van der Waals surface area contributed by atoms with Crippen molar-refractivity contribution in [3.8, 4) is 34.1 Å². The highest BCUT2D eigenvalue weighted by molar-refractivity contribution is 5.93. The fraction of sp³-hybridized carbons (Fsp3) is 0.107. The fourth-order valence-electron chi connectivity index (χ4n) is 4.56. The highest BCUT2D eigenvalue weighted by atomic mass is 16.5. The standard InChI is InChI=1S/C28H22N2O/c1-17-12-14-20(15-13-17)28-26-25(21-10-6-7-11-23(21)31-28)18(2)24(22(16-29)27(26)30)19-8-4-3-5-9-19/h3-15,28H,30H2,1-2H3. The summed E-state index contributed by atoms with van der Waals surface area (Å²) in [5.41, 5.74) is 15.8. The maximum Gasteiger partial charge on any atom is 0.152 e. The average molecular weight is 402 g/mol. The molecule has 31 heavy (non-hydrogen) atoms. The second-order valence-corrected chi connectivity index (χ2v) is 7.96. The summed E-state index contributed by atoms with van der Waals surface area (Å²) in [6.07, 6.45) is -0.374. The molecule has 4 aromatic rings. The number of nitrogens with two attached hydrogens (primary N) is 1. The van der Waals surface area contributed by atoms with E-state index in [2.05, 4.69) is 50.2 Å². The van der Waals surface area contributed by atoms with Crippen molar-refractivity contribution in [3.63, 3.8) is 0 Å². The maximum absolute atomic E-state index is 10.1. The van der Waals surface area contributed by atoms with Crippen molar-refractivity contribution < 1.29 is 4.74 Å². The second kappa shape index (κ2) is 7.34.